The van der Waals surface area contributed by atoms with Gasteiger partial charge in [-0.25, -0.2) is 4.90 Å². The average molecular weight is 270 g/mol. The van der Waals surface area contributed by atoms with Crippen LogP contribution in [0.15, 0.2) is 60.2 Å². The molecule has 0 bridgehead atoms. The van der Waals surface area contributed by atoms with E-state index in [0.29, 0.717) is 6.42 Å². The molecule has 20 heavy (non-hydrogen) atoms. The van der Waals surface area contributed by atoms with Crippen molar-refractivity contribution in [2.45, 2.75) is 12.1 Å². The zero-order chi connectivity index (χ0) is 14.6. The first-order chi connectivity index (χ1) is 9.54. The molecule has 1 aromatic carbocycles. The van der Waals surface area contributed by atoms with E-state index >= 15 is 0 Å². The largest absolute Gasteiger partial charge is 0.299 e. The molecule has 104 valence electrons. The van der Waals surface area contributed by atoms with Crippen LogP contribution >= 0.6 is 0 Å². The van der Waals surface area contributed by atoms with E-state index in [2.05, 4.69) is 0 Å². The Bertz CT molecular complexity index is 573. The molecule has 1 unspecified atom stereocenters. The molecule has 4 heteroatoms. The summed E-state index contributed by atoms with van der Waals surface area (Å²) in [4.78, 5) is 12.7. The van der Waals surface area contributed by atoms with E-state index in [-0.39, 0.29) is 4.92 Å². The van der Waals surface area contributed by atoms with Crippen molar-refractivity contribution >= 4 is 6.08 Å². The highest BCUT2D eigenvalue weighted by Gasteiger charge is 2.42. The number of hydrogen-bond donors (Lipinski definition) is 0. The van der Waals surface area contributed by atoms with Gasteiger partial charge in [0.15, 0.2) is 0 Å². The van der Waals surface area contributed by atoms with Crippen LogP contribution in [0.5, 0.6) is 0 Å². The molecule has 0 radical (unpaired) electrons. The molecular formula is C16H18N2O2. The van der Waals surface area contributed by atoms with E-state index in [4.69, 9.17) is 0 Å². The van der Waals surface area contributed by atoms with Gasteiger partial charge in [-0.2, -0.15) is 0 Å². The van der Waals surface area contributed by atoms with Gasteiger partial charge in [-0.15, -0.1) is 0 Å². The Kier molecular flexibility index (Phi) is 4.15. The predicted octanol–water partition coefficient (Wildman–Crippen LogP) is 3.12. The maximum atomic E-state index is 11.3. The summed E-state index contributed by atoms with van der Waals surface area (Å²) in [6, 6.07) is 9.97. The molecule has 0 saturated carbocycles. The second-order valence-corrected chi connectivity index (χ2v) is 5.02. The van der Waals surface area contributed by atoms with Gasteiger partial charge < -0.3 is 0 Å². The van der Waals surface area contributed by atoms with Crippen LogP contribution in [0.1, 0.15) is 12.0 Å². The summed E-state index contributed by atoms with van der Waals surface area (Å²) >= 11 is 0. The van der Waals surface area contributed by atoms with E-state index in [1.807, 2.05) is 54.6 Å². The Labute approximate surface area is 118 Å². The summed E-state index contributed by atoms with van der Waals surface area (Å²) in [6.45, 7) is 0. The van der Waals surface area contributed by atoms with Gasteiger partial charge in [-0.3, -0.25) is 10.1 Å². The van der Waals surface area contributed by atoms with E-state index in [9.17, 15) is 10.1 Å². The fourth-order valence-corrected chi connectivity index (χ4v) is 2.14. The highest BCUT2D eigenvalue weighted by atomic mass is 16.6. The fourth-order valence-electron chi connectivity index (χ4n) is 2.14. The van der Waals surface area contributed by atoms with Crippen molar-refractivity contribution in [3.8, 4) is 0 Å². The highest BCUT2D eigenvalue weighted by molar-refractivity contribution is 5.55. The highest BCUT2D eigenvalue weighted by Crippen LogP contribution is 2.27. The van der Waals surface area contributed by atoms with Crippen LogP contribution < -0.4 is 0 Å². The average Bonchev–Trinajstić information content (AvgIpc) is 2.46. The maximum Gasteiger partial charge on any atom is 0.299 e. The zero-order valence-electron chi connectivity index (χ0n) is 11.7. The lowest BCUT2D eigenvalue weighted by molar-refractivity contribution is -0.582. The molecule has 0 spiro atoms. The van der Waals surface area contributed by atoms with E-state index in [0.717, 1.165) is 11.1 Å². The van der Waals surface area contributed by atoms with Crippen molar-refractivity contribution < 1.29 is 4.92 Å². The Balaban J connectivity index is 2.13. The minimum atomic E-state index is -1.12. The number of hydrogen-bond acceptors (Lipinski definition) is 3. The van der Waals surface area contributed by atoms with Crippen LogP contribution in [-0.4, -0.2) is 29.6 Å². The monoisotopic (exact) mass is 270 g/mol. The summed E-state index contributed by atoms with van der Waals surface area (Å²) in [5.41, 5.74) is 0.984. The topological polar surface area (TPSA) is 46.4 Å². The van der Waals surface area contributed by atoms with Gasteiger partial charge in [0.25, 0.3) is 5.66 Å². The summed E-state index contributed by atoms with van der Waals surface area (Å²) in [5, 5.41) is 11.3. The molecule has 0 fully saturated rings. The lowest BCUT2D eigenvalue weighted by Crippen LogP contribution is -2.49. The Morgan fingerprint density at radius 1 is 1.25 bits per heavy atom. The number of nitro groups is 1. The minimum absolute atomic E-state index is 0.238. The standard InChI is InChI=1S/C16H18N2O2/c1-17(2)16(18(19)20)12-10-15(11-13-16)9-8-14-6-4-3-5-7-14/h3-12H,13H2,1-2H3/b9-8+. The molecule has 0 aromatic heterocycles. The molecule has 1 aliphatic carbocycles. The molecule has 1 aliphatic rings. The molecule has 1 aromatic rings. The van der Waals surface area contributed by atoms with Gasteiger partial charge in [-0.05, 0) is 25.2 Å². The van der Waals surface area contributed by atoms with Gasteiger partial charge in [0.05, 0.1) is 6.42 Å². The predicted molar refractivity (Wildman–Crippen MR) is 80.7 cm³/mol. The Morgan fingerprint density at radius 3 is 2.45 bits per heavy atom. The first kappa shape index (κ1) is 14.2. The second kappa shape index (κ2) is 5.84. The first-order valence-corrected chi connectivity index (χ1v) is 6.49. The SMILES string of the molecule is CN(C)C1([N+](=O)[O-])C=CC(/C=C/c2ccccc2)=CC1. The molecule has 2 rings (SSSR count). The zero-order valence-corrected chi connectivity index (χ0v) is 11.7. The molecule has 0 amide bonds. The normalized spacial score (nSPS) is 22.2. The summed E-state index contributed by atoms with van der Waals surface area (Å²) in [6.07, 6.45) is 9.74. The Hall–Kier alpha value is -2.20. The van der Waals surface area contributed by atoms with Gasteiger partial charge in [0.1, 0.15) is 0 Å². The second-order valence-electron chi connectivity index (χ2n) is 5.02. The number of likely N-dealkylation sites (N-methyl/N-ethyl adjacent to an activating group) is 1. The third-order valence-electron chi connectivity index (χ3n) is 3.54. The lowest BCUT2D eigenvalue weighted by atomic mass is 9.95. The smallest absolute Gasteiger partial charge is 0.262 e. The van der Waals surface area contributed by atoms with Gasteiger partial charge in [0, 0.05) is 11.0 Å². The third-order valence-corrected chi connectivity index (χ3v) is 3.54. The lowest BCUT2D eigenvalue weighted by Gasteiger charge is -2.29. The summed E-state index contributed by atoms with van der Waals surface area (Å²) in [7, 11) is 3.46. The van der Waals surface area contributed by atoms with E-state index in [1.54, 1.807) is 25.1 Å². The number of rotatable bonds is 4. The van der Waals surface area contributed by atoms with Crippen molar-refractivity contribution in [3.63, 3.8) is 0 Å². The van der Waals surface area contributed by atoms with E-state index in [1.165, 1.54) is 0 Å². The molecule has 0 aliphatic heterocycles. The summed E-state index contributed by atoms with van der Waals surface area (Å²) in [5.74, 6) is 0. The van der Waals surface area contributed by atoms with Crippen molar-refractivity contribution in [1.29, 1.82) is 0 Å². The minimum Gasteiger partial charge on any atom is -0.262 e. The fraction of sp³-hybridized carbons (Fsp3) is 0.250. The van der Waals surface area contributed by atoms with Crippen molar-refractivity contribution in [3.05, 3.63) is 75.9 Å². The molecule has 0 heterocycles. The molecule has 0 saturated heterocycles. The quantitative estimate of drug-likeness (QED) is 0.480. The molecule has 1 atom stereocenters. The third kappa shape index (κ3) is 2.86. The number of allylic oxidation sites excluding steroid dienone is 3. The van der Waals surface area contributed by atoms with Crippen LogP contribution in [0, 0.1) is 10.1 Å². The van der Waals surface area contributed by atoms with Crippen LogP contribution in [0.4, 0.5) is 0 Å². The number of nitrogens with zero attached hydrogens (tertiary/aromatic N) is 2. The number of benzene rings is 1. The van der Waals surface area contributed by atoms with Crippen LogP contribution in [-0.2, 0) is 0 Å². The van der Waals surface area contributed by atoms with Crippen molar-refractivity contribution in [2.24, 2.45) is 0 Å². The van der Waals surface area contributed by atoms with Gasteiger partial charge in [-0.1, -0.05) is 54.6 Å². The maximum absolute atomic E-state index is 11.3. The van der Waals surface area contributed by atoms with E-state index < -0.39 is 5.66 Å². The van der Waals surface area contributed by atoms with Crippen molar-refractivity contribution in [1.82, 2.24) is 4.90 Å². The van der Waals surface area contributed by atoms with Crippen LogP contribution in [0.3, 0.4) is 0 Å². The van der Waals surface area contributed by atoms with Crippen LogP contribution in [0.25, 0.3) is 6.08 Å². The molecule has 4 nitrogen and oxygen atoms in total. The van der Waals surface area contributed by atoms with Crippen molar-refractivity contribution in [2.75, 3.05) is 14.1 Å². The van der Waals surface area contributed by atoms with Gasteiger partial charge >= 0.3 is 0 Å². The molecule has 0 N–H and O–H groups in total. The molecular weight excluding hydrogens is 252 g/mol. The van der Waals surface area contributed by atoms with Crippen LogP contribution in [0.2, 0.25) is 0 Å². The first-order valence-electron chi connectivity index (χ1n) is 6.49. The Morgan fingerprint density at radius 2 is 1.95 bits per heavy atom. The van der Waals surface area contributed by atoms with Gasteiger partial charge in [0.2, 0.25) is 0 Å². The summed E-state index contributed by atoms with van der Waals surface area (Å²) < 4.78 is 0.